The van der Waals surface area contributed by atoms with Crippen molar-refractivity contribution in [2.75, 3.05) is 6.54 Å². The molecule has 0 aliphatic heterocycles. The Labute approximate surface area is 119 Å². The smallest absolute Gasteiger partial charge is 0.303 e. The third-order valence-corrected chi connectivity index (χ3v) is 3.56. The predicted molar refractivity (Wildman–Crippen MR) is 81.6 cm³/mol. The number of carboxylic acids is 1. The Kier molecular flexibility index (Phi) is 13.4. The molecule has 0 spiro atoms. The van der Waals surface area contributed by atoms with Crippen LogP contribution in [0, 0.1) is 0 Å². The minimum atomic E-state index is -0.682. The van der Waals surface area contributed by atoms with Crippen LogP contribution in [0.4, 0.5) is 0 Å². The van der Waals surface area contributed by atoms with Crippen LogP contribution in [-0.4, -0.2) is 23.7 Å². The lowest BCUT2D eigenvalue weighted by molar-refractivity contribution is -0.137. The average Bonchev–Trinajstić information content (AvgIpc) is 2.32. The first-order valence-corrected chi connectivity index (χ1v) is 8.15. The molecule has 3 heteroatoms. The summed E-state index contributed by atoms with van der Waals surface area (Å²) in [5.74, 6) is -0.682. The lowest BCUT2D eigenvalue weighted by atomic mass is 9.93. The summed E-state index contributed by atoms with van der Waals surface area (Å²) in [6.45, 7) is 5.48. The Morgan fingerprint density at radius 1 is 1.05 bits per heavy atom. The van der Waals surface area contributed by atoms with Crippen molar-refractivity contribution in [2.45, 2.75) is 90.5 Å². The van der Waals surface area contributed by atoms with Crippen molar-refractivity contribution in [1.82, 2.24) is 5.32 Å². The van der Waals surface area contributed by atoms with E-state index in [2.05, 4.69) is 19.2 Å². The highest BCUT2D eigenvalue weighted by Gasteiger charge is 2.15. The second kappa shape index (κ2) is 13.9. The number of aliphatic carboxylic acids is 1. The molecule has 0 aromatic rings. The molecule has 0 saturated heterocycles. The fourth-order valence-corrected chi connectivity index (χ4v) is 2.00. The molecule has 0 heterocycles. The van der Waals surface area contributed by atoms with Crippen LogP contribution >= 0.6 is 0 Å². The second-order valence-electron chi connectivity index (χ2n) is 5.49. The zero-order valence-corrected chi connectivity index (χ0v) is 12.9. The van der Waals surface area contributed by atoms with E-state index >= 15 is 0 Å². The van der Waals surface area contributed by atoms with Crippen molar-refractivity contribution in [3.8, 4) is 0 Å². The Hall–Kier alpha value is -0.570. The normalized spacial score (nSPS) is 14.4. The zero-order chi connectivity index (χ0) is 14.3. The second-order valence-corrected chi connectivity index (χ2v) is 5.49. The van der Waals surface area contributed by atoms with Crippen molar-refractivity contribution in [1.29, 1.82) is 0 Å². The number of carbonyl (C=O) groups is 1. The number of nitrogens with one attached hydrogen (secondary N) is 1. The fraction of sp³-hybridized carbons (Fsp3) is 0.938. The summed E-state index contributed by atoms with van der Waals surface area (Å²) in [4.78, 5) is 10.1. The van der Waals surface area contributed by atoms with Gasteiger partial charge in [-0.15, -0.1) is 0 Å². The lowest BCUT2D eigenvalue weighted by Crippen LogP contribution is -2.35. The van der Waals surface area contributed by atoms with Crippen molar-refractivity contribution in [3.05, 3.63) is 0 Å². The number of unbranched alkanes of at least 4 members (excludes halogenated alkanes) is 5. The Bertz CT molecular complexity index is 199. The van der Waals surface area contributed by atoms with E-state index in [0.717, 1.165) is 25.4 Å². The quantitative estimate of drug-likeness (QED) is 0.580. The highest BCUT2D eigenvalue weighted by molar-refractivity contribution is 5.66. The van der Waals surface area contributed by atoms with Gasteiger partial charge in [-0.3, -0.25) is 4.79 Å². The summed E-state index contributed by atoms with van der Waals surface area (Å²) in [6.07, 6.45) is 13.1. The van der Waals surface area contributed by atoms with Gasteiger partial charge in [0.05, 0.1) is 0 Å². The van der Waals surface area contributed by atoms with Crippen LogP contribution in [0.5, 0.6) is 0 Å². The van der Waals surface area contributed by atoms with E-state index in [4.69, 9.17) is 5.11 Å². The summed E-state index contributed by atoms with van der Waals surface area (Å²) < 4.78 is 0. The molecule has 1 saturated carbocycles. The third kappa shape index (κ3) is 13.7. The molecule has 19 heavy (non-hydrogen) atoms. The molecule has 0 atom stereocenters. The highest BCUT2D eigenvalue weighted by Crippen LogP contribution is 2.17. The molecule has 0 amide bonds. The van der Waals surface area contributed by atoms with Crippen LogP contribution < -0.4 is 5.32 Å². The first-order valence-electron chi connectivity index (χ1n) is 8.15. The van der Waals surface area contributed by atoms with Gasteiger partial charge >= 0.3 is 5.97 Å². The maximum Gasteiger partial charge on any atom is 0.303 e. The lowest BCUT2D eigenvalue weighted by Gasteiger charge is -2.26. The van der Waals surface area contributed by atoms with Crippen LogP contribution in [-0.2, 0) is 4.79 Å². The highest BCUT2D eigenvalue weighted by atomic mass is 16.4. The Morgan fingerprint density at radius 3 is 2.11 bits per heavy atom. The molecular formula is C16H33NO2. The summed E-state index contributed by atoms with van der Waals surface area (Å²) >= 11 is 0. The van der Waals surface area contributed by atoms with Crippen LogP contribution in [0.15, 0.2) is 0 Å². The molecule has 1 aliphatic carbocycles. The topological polar surface area (TPSA) is 49.3 Å². The van der Waals surface area contributed by atoms with E-state index in [0.29, 0.717) is 6.42 Å². The van der Waals surface area contributed by atoms with Gasteiger partial charge in [0.1, 0.15) is 0 Å². The van der Waals surface area contributed by atoms with E-state index in [1.54, 1.807) is 0 Å². The first kappa shape index (κ1) is 18.4. The minimum Gasteiger partial charge on any atom is -0.481 e. The van der Waals surface area contributed by atoms with E-state index in [9.17, 15) is 4.79 Å². The summed E-state index contributed by atoms with van der Waals surface area (Å²) in [6, 6.07) is 0.731. The maximum atomic E-state index is 10.1. The van der Waals surface area contributed by atoms with E-state index < -0.39 is 5.97 Å². The van der Waals surface area contributed by atoms with Crippen molar-refractivity contribution in [3.63, 3.8) is 0 Å². The van der Waals surface area contributed by atoms with Gasteiger partial charge < -0.3 is 10.4 Å². The largest absolute Gasteiger partial charge is 0.481 e. The molecule has 0 bridgehead atoms. The van der Waals surface area contributed by atoms with Gasteiger partial charge in [-0.1, -0.05) is 52.4 Å². The maximum absolute atomic E-state index is 10.1. The zero-order valence-electron chi connectivity index (χ0n) is 12.9. The monoisotopic (exact) mass is 271 g/mol. The van der Waals surface area contributed by atoms with Crippen LogP contribution in [0.3, 0.4) is 0 Å². The van der Waals surface area contributed by atoms with Crippen LogP contribution in [0.25, 0.3) is 0 Å². The Morgan fingerprint density at radius 2 is 1.68 bits per heavy atom. The molecule has 0 aromatic heterocycles. The predicted octanol–water partition coefficient (Wildman–Crippen LogP) is 4.36. The van der Waals surface area contributed by atoms with Gasteiger partial charge in [0.25, 0.3) is 0 Å². The van der Waals surface area contributed by atoms with Gasteiger partial charge in [-0.25, -0.2) is 0 Å². The van der Waals surface area contributed by atoms with E-state index in [1.165, 1.54) is 51.4 Å². The van der Waals surface area contributed by atoms with E-state index in [1.807, 2.05) is 0 Å². The van der Waals surface area contributed by atoms with E-state index in [-0.39, 0.29) is 0 Å². The molecular weight excluding hydrogens is 238 g/mol. The minimum absolute atomic E-state index is 0.312. The standard InChI is InChI=1S/C9H17NO2.C7H16/c11-9(12)6-1-2-7-10-8-4-3-5-8;1-3-5-7-6-4-2/h8,10H,1-7H2,(H,11,12);3-7H2,1-2H3. The summed E-state index contributed by atoms with van der Waals surface area (Å²) in [5.41, 5.74) is 0. The molecule has 0 aromatic carbocycles. The number of hydrogen-bond donors (Lipinski definition) is 2. The first-order chi connectivity index (χ1) is 9.20. The summed E-state index contributed by atoms with van der Waals surface area (Å²) in [5, 5.41) is 11.8. The van der Waals surface area contributed by atoms with Crippen LogP contribution in [0.2, 0.25) is 0 Å². The molecule has 0 unspecified atom stereocenters. The molecule has 1 rings (SSSR count). The molecule has 1 fully saturated rings. The molecule has 1 aliphatic rings. The number of rotatable bonds is 10. The SMILES string of the molecule is CCCCCCC.O=C(O)CCCCNC1CCC1. The average molecular weight is 271 g/mol. The van der Waals surface area contributed by atoms with Crippen molar-refractivity contribution in [2.24, 2.45) is 0 Å². The van der Waals surface area contributed by atoms with Gasteiger partial charge in [0.2, 0.25) is 0 Å². The molecule has 2 N–H and O–H groups in total. The molecule has 3 nitrogen and oxygen atoms in total. The molecule has 0 radical (unpaired) electrons. The molecule has 114 valence electrons. The van der Waals surface area contributed by atoms with Crippen molar-refractivity contribution >= 4 is 5.97 Å². The number of hydrogen-bond acceptors (Lipinski definition) is 2. The van der Waals surface area contributed by atoms with Crippen LogP contribution in [0.1, 0.15) is 84.5 Å². The summed E-state index contributed by atoms with van der Waals surface area (Å²) in [7, 11) is 0. The number of carboxylic acid groups (broad SMARTS) is 1. The van der Waals surface area contributed by atoms with Gasteiger partial charge in [-0.2, -0.15) is 0 Å². The third-order valence-electron chi connectivity index (χ3n) is 3.56. The van der Waals surface area contributed by atoms with Gasteiger partial charge in [0, 0.05) is 12.5 Å². The van der Waals surface area contributed by atoms with Gasteiger partial charge in [-0.05, 0) is 32.2 Å². The fourth-order valence-electron chi connectivity index (χ4n) is 2.00. The van der Waals surface area contributed by atoms with Crippen molar-refractivity contribution < 1.29 is 9.90 Å². The Balaban J connectivity index is 0.000000399. The van der Waals surface area contributed by atoms with Gasteiger partial charge in [0.15, 0.2) is 0 Å².